The average molecular weight is 551 g/mol. The highest BCUT2D eigenvalue weighted by atomic mass is 35.6. The molecule has 0 atom stereocenters. The van der Waals surface area contributed by atoms with E-state index in [0.29, 0.717) is 0 Å². The topological polar surface area (TPSA) is 13.0 Å². The highest BCUT2D eigenvalue weighted by Crippen LogP contribution is 2.57. The molecule has 0 amide bonds. The molecule has 0 aromatic carbocycles. The zero-order valence-corrected chi connectivity index (χ0v) is 26.7. The minimum absolute atomic E-state index is 0.139. The predicted molar refractivity (Wildman–Crippen MR) is 143 cm³/mol. The molecule has 10 heteroatoms. The molecular weight excluding hydrogens is 506 g/mol. The van der Waals surface area contributed by atoms with Crippen LogP contribution < -0.4 is 0 Å². The fraction of sp³-hybridized carbons (Fsp3) is 1.00. The lowest BCUT2D eigenvalue weighted by Gasteiger charge is -2.63. The van der Waals surface area contributed by atoms with Gasteiger partial charge in [-0.3, -0.25) is 9.13 Å². The Bertz CT molecular complexity index is 627. The molecule has 0 N–H and O–H groups in total. The molecule has 0 radical (unpaired) electrons. The van der Waals surface area contributed by atoms with E-state index in [1.165, 1.54) is 0 Å². The van der Waals surface area contributed by atoms with Crippen LogP contribution in [0.25, 0.3) is 0 Å². The van der Waals surface area contributed by atoms with Crippen molar-refractivity contribution in [2.45, 2.75) is 109 Å². The molecule has 0 aromatic heterocycles. The van der Waals surface area contributed by atoms with Gasteiger partial charge in [-0.1, -0.05) is 34.8 Å². The van der Waals surface area contributed by atoms with Gasteiger partial charge in [0.05, 0.1) is 0 Å². The van der Waals surface area contributed by atoms with E-state index in [-0.39, 0.29) is 22.2 Å². The van der Waals surface area contributed by atoms with E-state index in [2.05, 4.69) is 101 Å². The minimum atomic E-state index is -3.18. The molecule has 0 spiro atoms. The fourth-order valence-electron chi connectivity index (χ4n) is 5.72. The Balaban J connectivity index is 3.05. The van der Waals surface area contributed by atoms with Gasteiger partial charge >= 0.3 is 15.1 Å². The third kappa shape index (κ3) is 4.54. The summed E-state index contributed by atoms with van der Waals surface area (Å²) in [6, 6.07) is 0. The molecule has 0 bridgehead atoms. The molecule has 2 heterocycles. The summed E-state index contributed by atoms with van der Waals surface area (Å²) >= 11 is 29.9. The molecule has 0 aliphatic carbocycles. The van der Waals surface area contributed by atoms with Crippen LogP contribution in [-0.2, 0) is 0 Å². The standard InChI is InChI=1S/C21H44Cl4N4Si2/c1-17(2,3)26-13-14-27(18(4,5)6)30(26,21(22,23)24)31(25)28(19(7,8)9)15-16-29(31)20(10,11)12/h13-16H2,1-12H3. The zero-order chi connectivity index (χ0) is 24.6. The van der Waals surface area contributed by atoms with Crippen LogP contribution in [0.15, 0.2) is 0 Å². The Morgan fingerprint density at radius 3 is 0.903 bits per heavy atom. The molecule has 0 unspecified atom stereocenters. The summed E-state index contributed by atoms with van der Waals surface area (Å²) in [5.74, 6) is 0. The van der Waals surface area contributed by atoms with Crippen molar-refractivity contribution < 1.29 is 0 Å². The molecule has 2 aliphatic heterocycles. The van der Waals surface area contributed by atoms with Gasteiger partial charge in [0.1, 0.15) is 0 Å². The van der Waals surface area contributed by atoms with Gasteiger partial charge in [-0.05, 0) is 83.1 Å². The van der Waals surface area contributed by atoms with Crippen molar-refractivity contribution in [1.29, 1.82) is 0 Å². The van der Waals surface area contributed by atoms with Crippen LogP contribution >= 0.6 is 45.9 Å². The largest absolute Gasteiger partial charge is 0.331 e. The molecule has 2 rings (SSSR count). The van der Waals surface area contributed by atoms with Crippen molar-refractivity contribution >= 4 is 61.0 Å². The van der Waals surface area contributed by atoms with Gasteiger partial charge in [-0.15, -0.1) is 11.1 Å². The number of hydrogen-bond donors (Lipinski definition) is 0. The van der Waals surface area contributed by atoms with Gasteiger partial charge in [0.15, 0.2) is 0 Å². The summed E-state index contributed by atoms with van der Waals surface area (Å²) < 4.78 is 8.68. The number of rotatable bonds is 1. The first-order valence-corrected chi connectivity index (χ1v) is 18.2. The van der Waals surface area contributed by atoms with E-state index in [0.717, 1.165) is 26.2 Å². The Morgan fingerprint density at radius 2 is 0.710 bits per heavy atom. The summed E-state index contributed by atoms with van der Waals surface area (Å²) in [6.45, 7) is 30.4. The van der Waals surface area contributed by atoms with Gasteiger partial charge in [-0.25, -0.2) is 0 Å². The molecule has 184 valence electrons. The number of hydrogen-bond acceptors (Lipinski definition) is 4. The molecular formula is C21H44Cl4N4Si2. The Kier molecular flexibility index (Phi) is 7.62. The number of halogens is 4. The second-order valence-electron chi connectivity index (χ2n) is 13.0. The van der Waals surface area contributed by atoms with Gasteiger partial charge in [0, 0.05) is 48.3 Å². The lowest BCUT2D eigenvalue weighted by molar-refractivity contribution is 0.231. The molecule has 0 aromatic rings. The lowest BCUT2D eigenvalue weighted by atomic mass is 10.1. The molecule has 4 nitrogen and oxygen atoms in total. The molecule has 2 aliphatic rings. The van der Waals surface area contributed by atoms with Gasteiger partial charge < -0.3 is 9.13 Å². The van der Waals surface area contributed by atoms with Crippen LogP contribution in [0.4, 0.5) is 0 Å². The highest BCUT2D eigenvalue weighted by molar-refractivity contribution is 7.60. The third-order valence-corrected chi connectivity index (χ3v) is 29.3. The van der Waals surface area contributed by atoms with Crippen LogP contribution in [0, 0.1) is 0 Å². The van der Waals surface area contributed by atoms with Crippen LogP contribution in [0.1, 0.15) is 83.1 Å². The first kappa shape index (κ1) is 28.7. The Labute approximate surface area is 213 Å². The summed E-state index contributed by atoms with van der Waals surface area (Å²) in [5.41, 5.74) is -0.638. The second-order valence-corrected chi connectivity index (χ2v) is 28.4. The highest BCUT2D eigenvalue weighted by Gasteiger charge is 2.83. The van der Waals surface area contributed by atoms with Gasteiger partial charge in [0.2, 0.25) is 3.42 Å². The fourth-order valence-corrected chi connectivity index (χ4v) is 36.7. The van der Waals surface area contributed by atoms with E-state index < -0.39 is 18.6 Å². The van der Waals surface area contributed by atoms with Crippen molar-refractivity contribution in [1.82, 2.24) is 18.3 Å². The van der Waals surface area contributed by atoms with E-state index in [9.17, 15) is 0 Å². The summed E-state index contributed by atoms with van der Waals surface area (Å²) in [7, 11) is -6.26. The van der Waals surface area contributed by atoms with Crippen LogP contribution in [0.5, 0.6) is 0 Å². The SMILES string of the molecule is CC(C)(C)N1CCN(C(C)(C)C)[Si]1(Cl)[Si]1(C(Cl)(Cl)Cl)N(C(C)(C)C)CCN1C(C)(C)C. The van der Waals surface area contributed by atoms with Crippen molar-refractivity contribution in [2.24, 2.45) is 0 Å². The van der Waals surface area contributed by atoms with Crippen LogP contribution in [0.2, 0.25) is 0 Å². The van der Waals surface area contributed by atoms with Gasteiger partial charge in [0.25, 0.3) is 0 Å². The maximum atomic E-state index is 8.24. The first-order chi connectivity index (χ1) is 13.4. The molecule has 2 fully saturated rings. The quantitative estimate of drug-likeness (QED) is 0.225. The predicted octanol–water partition coefficient (Wildman–Crippen LogP) is 6.02. The lowest BCUT2D eigenvalue weighted by Crippen LogP contribution is -2.92. The summed E-state index contributed by atoms with van der Waals surface area (Å²) in [4.78, 5) is 0. The smallest absolute Gasteiger partial charge is 0.302 e. The maximum absolute atomic E-state index is 8.24. The number of alkyl halides is 3. The summed E-state index contributed by atoms with van der Waals surface area (Å²) in [6.07, 6.45) is 0. The van der Waals surface area contributed by atoms with Crippen molar-refractivity contribution in [2.75, 3.05) is 26.2 Å². The number of nitrogens with zero attached hydrogens (tertiary/aromatic N) is 4. The second kappa shape index (κ2) is 8.24. The minimum Gasteiger partial charge on any atom is -0.302 e. The summed E-state index contributed by atoms with van der Waals surface area (Å²) in [5, 5.41) is 0. The molecule has 0 saturated carbocycles. The molecule has 31 heavy (non-hydrogen) atoms. The normalized spacial score (nSPS) is 25.5. The first-order valence-electron chi connectivity index (χ1n) is 11.3. The van der Waals surface area contributed by atoms with E-state index >= 15 is 0 Å². The van der Waals surface area contributed by atoms with Crippen molar-refractivity contribution in [3.8, 4) is 0 Å². The third-order valence-electron chi connectivity index (χ3n) is 6.67. The zero-order valence-electron chi connectivity index (χ0n) is 21.6. The average Bonchev–Trinajstić information content (AvgIpc) is 3.03. The van der Waals surface area contributed by atoms with Crippen molar-refractivity contribution in [3.63, 3.8) is 0 Å². The van der Waals surface area contributed by atoms with E-state index in [4.69, 9.17) is 45.9 Å². The Hall–Kier alpha value is 1.43. The van der Waals surface area contributed by atoms with Crippen LogP contribution in [-0.4, -0.2) is 85.2 Å². The van der Waals surface area contributed by atoms with Gasteiger partial charge in [-0.2, -0.15) is 0 Å². The van der Waals surface area contributed by atoms with E-state index in [1.54, 1.807) is 0 Å². The monoisotopic (exact) mass is 548 g/mol. The van der Waals surface area contributed by atoms with E-state index in [1.807, 2.05) is 0 Å². The Morgan fingerprint density at radius 1 is 0.484 bits per heavy atom. The maximum Gasteiger partial charge on any atom is 0.331 e. The molecule has 2 saturated heterocycles. The van der Waals surface area contributed by atoms with Crippen molar-refractivity contribution in [3.05, 3.63) is 0 Å². The van der Waals surface area contributed by atoms with Crippen LogP contribution in [0.3, 0.4) is 0 Å².